The smallest absolute Gasteiger partial charge is 0.358 e. The summed E-state index contributed by atoms with van der Waals surface area (Å²) in [6.45, 7) is 4.11. The average Bonchev–Trinajstić information content (AvgIpc) is 2.69. The number of rotatable bonds is 2. The molecule has 1 aliphatic heterocycles. The van der Waals surface area contributed by atoms with Crippen molar-refractivity contribution in [2.45, 2.75) is 13.8 Å². The summed E-state index contributed by atoms with van der Waals surface area (Å²) in [5.74, 6) is 10.0. The van der Waals surface area contributed by atoms with Gasteiger partial charge in [0.05, 0.1) is 0 Å². The summed E-state index contributed by atoms with van der Waals surface area (Å²) in [6, 6.07) is 0. The Labute approximate surface area is 81.8 Å². The molecule has 0 unspecified atom stereocenters. The van der Waals surface area contributed by atoms with Gasteiger partial charge in [-0.2, -0.15) is 10.3 Å². The fourth-order valence-electron chi connectivity index (χ4n) is 0.524. The molecule has 0 aliphatic carbocycles. The Bertz CT molecular complexity index is 101. The fraction of sp³-hybridized carbons (Fsp3) is 0.714. The molecule has 0 aromatic carbocycles. The van der Waals surface area contributed by atoms with Gasteiger partial charge in [-0.05, 0) is 5.75 Å². The van der Waals surface area contributed by atoms with Crippen molar-refractivity contribution >= 4 is 14.9 Å². The first-order valence-electron chi connectivity index (χ1n) is 3.23. The van der Waals surface area contributed by atoms with Gasteiger partial charge >= 0.3 is 29.6 Å². The summed E-state index contributed by atoms with van der Waals surface area (Å²) in [4.78, 5) is 0. The zero-order chi connectivity index (χ0) is 8.04. The van der Waals surface area contributed by atoms with Gasteiger partial charge in [0, 0.05) is 11.5 Å². The van der Waals surface area contributed by atoms with Gasteiger partial charge < -0.3 is 17.6 Å². The van der Waals surface area contributed by atoms with Gasteiger partial charge in [0.25, 0.3) is 0 Å². The van der Waals surface area contributed by atoms with Crippen LogP contribution in [-0.4, -0.2) is 21.8 Å². The second-order valence-electron chi connectivity index (χ2n) is 1.95. The van der Waals surface area contributed by atoms with Gasteiger partial charge in [-0.3, -0.25) is 0 Å². The van der Waals surface area contributed by atoms with Crippen molar-refractivity contribution in [2.24, 2.45) is 0 Å². The van der Waals surface area contributed by atoms with Crippen LogP contribution in [0, 0.1) is 7.43 Å². The van der Waals surface area contributed by atoms with E-state index in [0.717, 1.165) is 5.75 Å². The van der Waals surface area contributed by atoms with Crippen LogP contribution in [0.1, 0.15) is 13.8 Å². The van der Waals surface area contributed by atoms with Crippen LogP contribution in [0.4, 0.5) is 0 Å². The van der Waals surface area contributed by atoms with Crippen molar-refractivity contribution in [1.82, 2.24) is 0 Å². The van der Waals surface area contributed by atoms with Crippen LogP contribution in [0.5, 0.6) is 0 Å². The zero-order valence-corrected chi connectivity index (χ0v) is 10.7. The third-order valence-corrected chi connectivity index (χ3v) is 4.09. The summed E-state index contributed by atoms with van der Waals surface area (Å²) >= 11 is 1.85. The van der Waals surface area contributed by atoms with Crippen molar-refractivity contribution in [3.8, 4) is 0 Å². The summed E-state index contributed by atoms with van der Waals surface area (Å²) in [5.41, 5.74) is 0. The molecule has 4 heteroatoms. The van der Waals surface area contributed by atoms with Crippen LogP contribution < -0.4 is 0 Å². The number of nitrogens with one attached hydrogen (secondary N) is 1. The molecule has 72 valence electrons. The fourth-order valence-corrected chi connectivity index (χ4v) is 2.13. The molecule has 0 atom stereocenters. The van der Waals surface area contributed by atoms with E-state index in [1.54, 1.807) is 0 Å². The molecule has 0 aromatic heterocycles. The maximum absolute atomic E-state index is 6.60. The molecule has 1 fully saturated rings. The molecule has 0 saturated carbocycles. The Morgan fingerprint density at radius 1 is 1.64 bits per heavy atom. The molecule has 1 aliphatic rings. The Morgan fingerprint density at radius 3 is 2.00 bits per heavy atom. The van der Waals surface area contributed by atoms with Gasteiger partial charge in [-0.25, -0.2) is 0 Å². The second-order valence-corrected chi connectivity index (χ2v) is 6.91. The standard InChI is InChI=1S/C4H10NOS.C2H4.CH3.Os/c1-2-7(6-5)3-4-7;1-2;;/h5H,2-4H2,1H3;1H,2H3;1H3;/q-1;;-1;. The second kappa shape index (κ2) is 7.43. The van der Waals surface area contributed by atoms with Crippen molar-refractivity contribution in [3.63, 3.8) is 0 Å². The predicted octanol–water partition coefficient (Wildman–Crippen LogP) is 2.53. The maximum Gasteiger partial charge on any atom is -0.358 e. The van der Waals surface area contributed by atoms with Crippen molar-refractivity contribution in [3.05, 3.63) is 13.3 Å². The van der Waals surface area contributed by atoms with Crippen molar-refractivity contribution in [1.29, 1.82) is 0 Å². The van der Waals surface area contributed by atoms with E-state index in [1.807, 2.05) is 29.6 Å². The Balaban J connectivity index is 0. The van der Waals surface area contributed by atoms with Crippen LogP contribution >= 0.6 is 10.3 Å². The van der Waals surface area contributed by atoms with E-state index >= 15 is 0 Å². The molecule has 1 rings (SSSR count). The first-order valence-corrected chi connectivity index (χ1v) is 6.76. The van der Waals surface area contributed by atoms with E-state index in [-0.39, 0.29) is 7.43 Å². The van der Waals surface area contributed by atoms with E-state index in [1.165, 1.54) is 11.5 Å². The molecular weight excluding hydrogens is 336 g/mol. The third-order valence-electron chi connectivity index (χ3n) is 1.36. The van der Waals surface area contributed by atoms with Gasteiger partial charge in [-0.15, -0.1) is 0 Å². The SMILES string of the molecule is CCS1(O[NH-])CC1.C[CH]=[Os].[CH3-]. The first kappa shape index (κ1) is 14.3. The zero-order valence-electron chi connectivity index (χ0n) is 7.37. The normalized spacial score (nSPS) is 20.0. The minimum atomic E-state index is -0.741. The predicted molar refractivity (Wildman–Crippen MR) is 51.4 cm³/mol. The minimum Gasteiger partial charge on any atom is -0.358 e. The van der Waals surface area contributed by atoms with Crippen LogP contribution in [0.15, 0.2) is 0 Å². The van der Waals surface area contributed by atoms with Crippen LogP contribution in [0.3, 0.4) is 0 Å². The first-order chi connectivity index (χ1) is 4.74. The Kier molecular flexibility index (Phi) is 9.66. The molecule has 2 nitrogen and oxygen atoms in total. The topological polar surface area (TPSA) is 33.0 Å². The van der Waals surface area contributed by atoms with Gasteiger partial charge in [0.1, 0.15) is 0 Å². The monoisotopic (exact) mass is 355 g/mol. The van der Waals surface area contributed by atoms with E-state index in [0.29, 0.717) is 0 Å². The van der Waals surface area contributed by atoms with E-state index < -0.39 is 10.3 Å². The number of hydrogen-bond acceptors (Lipinski definition) is 1. The molecule has 1 heterocycles. The Hall–Kier alpha value is 0.776. The van der Waals surface area contributed by atoms with Gasteiger partial charge in [0.15, 0.2) is 0 Å². The van der Waals surface area contributed by atoms with Crippen molar-refractivity contribution in [2.75, 3.05) is 17.3 Å². The van der Waals surface area contributed by atoms with Gasteiger partial charge in [0.2, 0.25) is 0 Å². The van der Waals surface area contributed by atoms with Crippen LogP contribution in [0.2, 0.25) is 0 Å². The summed E-state index contributed by atoms with van der Waals surface area (Å²) in [7, 11) is -0.741. The summed E-state index contributed by atoms with van der Waals surface area (Å²) in [6.07, 6.45) is 0. The molecule has 11 heavy (non-hydrogen) atoms. The minimum absolute atomic E-state index is 0. The van der Waals surface area contributed by atoms with E-state index in [2.05, 4.69) is 11.2 Å². The summed E-state index contributed by atoms with van der Waals surface area (Å²) in [5, 5.41) is 0. The summed E-state index contributed by atoms with van der Waals surface area (Å²) < 4.78 is 6.56. The molecule has 0 aromatic rings. The average molecular weight is 354 g/mol. The molecule has 0 spiro atoms. The molecule has 1 saturated heterocycles. The quantitative estimate of drug-likeness (QED) is 0.427. The third kappa shape index (κ3) is 5.99. The van der Waals surface area contributed by atoms with Gasteiger partial charge in [-0.1, -0.05) is 6.92 Å². The molecule has 1 N–H and O–H groups in total. The molecule has 0 amide bonds. The molecular formula is C7H17NOOsS-2. The maximum atomic E-state index is 6.60. The van der Waals surface area contributed by atoms with E-state index in [9.17, 15) is 0 Å². The van der Waals surface area contributed by atoms with Crippen molar-refractivity contribution < 1.29 is 22.4 Å². The van der Waals surface area contributed by atoms with Crippen LogP contribution in [0.25, 0.3) is 5.90 Å². The largest absolute Gasteiger partial charge is 0.358 e. The Morgan fingerprint density at radius 2 is 2.00 bits per heavy atom. The molecule has 0 bridgehead atoms. The van der Waals surface area contributed by atoms with E-state index in [4.69, 9.17) is 5.90 Å². The molecule has 0 radical (unpaired) electrons. The number of hydrogen-bond donors (Lipinski definition) is 0. The van der Waals surface area contributed by atoms with Crippen LogP contribution in [-0.2, 0) is 22.4 Å².